The first-order valence-electron chi connectivity index (χ1n) is 6.59. The Morgan fingerprint density at radius 2 is 2.16 bits per heavy atom. The van der Waals surface area contributed by atoms with Crippen LogP contribution in [0.15, 0.2) is 22.7 Å². The Morgan fingerprint density at radius 3 is 2.68 bits per heavy atom. The lowest BCUT2D eigenvalue weighted by molar-refractivity contribution is -0.122. The summed E-state index contributed by atoms with van der Waals surface area (Å²) in [6.07, 6.45) is 1.69. The molecule has 0 atom stereocenters. The zero-order chi connectivity index (χ0) is 13.8. The number of carbonyl (C=O) groups is 1. The van der Waals surface area contributed by atoms with E-state index in [2.05, 4.69) is 44.3 Å². The van der Waals surface area contributed by atoms with E-state index in [4.69, 9.17) is 5.73 Å². The van der Waals surface area contributed by atoms with Gasteiger partial charge in [0.2, 0.25) is 5.91 Å². The van der Waals surface area contributed by atoms with E-state index in [0.29, 0.717) is 0 Å². The Labute approximate surface area is 122 Å². The van der Waals surface area contributed by atoms with E-state index < -0.39 is 0 Å². The minimum atomic E-state index is -0.164. The summed E-state index contributed by atoms with van der Waals surface area (Å²) in [5.74, 6) is -0.123. The summed E-state index contributed by atoms with van der Waals surface area (Å²) in [5.41, 5.74) is 7.81. The molecule has 19 heavy (non-hydrogen) atoms. The average Bonchev–Trinajstić information content (AvgIpc) is 2.39. The maximum atomic E-state index is 11.2. The second kappa shape index (κ2) is 6.39. The SMILES string of the molecule is CNCc1ccc(N2CCC(C(N)=O)CC2)c(Br)c1. The zero-order valence-electron chi connectivity index (χ0n) is 11.2. The van der Waals surface area contributed by atoms with Crippen LogP contribution in [-0.2, 0) is 11.3 Å². The number of rotatable bonds is 4. The molecule has 0 bridgehead atoms. The van der Waals surface area contributed by atoms with Gasteiger partial charge in [-0.15, -0.1) is 0 Å². The normalized spacial score (nSPS) is 16.6. The Morgan fingerprint density at radius 1 is 1.47 bits per heavy atom. The first-order valence-corrected chi connectivity index (χ1v) is 7.38. The van der Waals surface area contributed by atoms with Crippen LogP contribution in [0.2, 0.25) is 0 Å². The third kappa shape index (κ3) is 3.48. The molecule has 0 spiro atoms. The van der Waals surface area contributed by atoms with E-state index in [1.54, 1.807) is 0 Å². The van der Waals surface area contributed by atoms with Crippen LogP contribution in [0.1, 0.15) is 18.4 Å². The highest BCUT2D eigenvalue weighted by Crippen LogP contribution is 2.30. The molecule has 0 unspecified atom stereocenters. The number of hydrogen-bond donors (Lipinski definition) is 2. The van der Waals surface area contributed by atoms with Crippen molar-refractivity contribution >= 4 is 27.5 Å². The van der Waals surface area contributed by atoms with Crippen LogP contribution in [0.3, 0.4) is 0 Å². The Kier molecular flexibility index (Phi) is 4.82. The summed E-state index contributed by atoms with van der Waals surface area (Å²) in [6, 6.07) is 6.42. The van der Waals surface area contributed by atoms with Crippen LogP contribution in [0.25, 0.3) is 0 Å². The number of nitrogens with zero attached hydrogens (tertiary/aromatic N) is 1. The highest BCUT2D eigenvalue weighted by molar-refractivity contribution is 9.10. The fraction of sp³-hybridized carbons (Fsp3) is 0.500. The van der Waals surface area contributed by atoms with Crippen molar-refractivity contribution in [2.75, 3.05) is 25.0 Å². The Bertz CT molecular complexity index is 456. The number of nitrogens with two attached hydrogens (primary N) is 1. The minimum absolute atomic E-state index is 0.0404. The lowest BCUT2D eigenvalue weighted by Crippen LogP contribution is -2.38. The van der Waals surface area contributed by atoms with Crippen LogP contribution in [-0.4, -0.2) is 26.0 Å². The molecule has 1 aromatic rings. The van der Waals surface area contributed by atoms with Crippen LogP contribution in [0.5, 0.6) is 0 Å². The molecule has 0 radical (unpaired) electrons. The van der Waals surface area contributed by atoms with Gasteiger partial charge in [0.1, 0.15) is 0 Å². The highest BCUT2D eigenvalue weighted by Gasteiger charge is 2.24. The first kappa shape index (κ1) is 14.3. The van der Waals surface area contributed by atoms with Gasteiger partial charge < -0.3 is 16.0 Å². The third-order valence-electron chi connectivity index (χ3n) is 3.63. The van der Waals surface area contributed by atoms with E-state index in [9.17, 15) is 4.79 Å². The lowest BCUT2D eigenvalue weighted by Gasteiger charge is -2.33. The number of hydrogen-bond acceptors (Lipinski definition) is 3. The number of carbonyl (C=O) groups excluding carboxylic acids is 1. The number of primary amides is 1. The molecule has 0 saturated carbocycles. The monoisotopic (exact) mass is 325 g/mol. The highest BCUT2D eigenvalue weighted by atomic mass is 79.9. The fourth-order valence-electron chi connectivity index (χ4n) is 2.53. The number of piperidine rings is 1. The first-order chi connectivity index (χ1) is 9.11. The van der Waals surface area contributed by atoms with E-state index in [1.807, 2.05) is 7.05 Å². The Hall–Kier alpha value is -1.07. The van der Waals surface area contributed by atoms with Gasteiger partial charge >= 0.3 is 0 Å². The second-order valence-electron chi connectivity index (χ2n) is 4.98. The summed E-state index contributed by atoms with van der Waals surface area (Å²) in [6.45, 7) is 2.64. The van der Waals surface area contributed by atoms with Gasteiger partial charge in [0.05, 0.1) is 5.69 Å². The van der Waals surface area contributed by atoms with Crippen molar-refractivity contribution in [1.82, 2.24) is 5.32 Å². The van der Waals surface area contributed by atoms with Crippen LogP contribution in [0, 0.1) is 5.92 Å². The molecule has 2 rings (SSSR count). The summed E-state index contributed by atoms with van der Waals surface area (Å²) >= 11 is 3.64. The summed E-state index contributed by atoms with van der Waals surface area (Å²) in [4.78, 5) is 13.5. The van der Waals surface area contributed by atoms with Crippen LogP contribution >= 0.6 is 15.9 Å². The number of amides is 1. The molecule has 104 valence electrons. The molecule has 1 aromatic carbocycles. The van der Waals surface area contributed by atoms with Crippen molar-refractivity contribution in [3.8, 4) is 0 Å². The Balaban J connectivity index is 2.05. The maximum Gasteiger partial charge on any atom is 0.220 e. The van der Waals surface area contributed by atoms with Crippen molar-refractivity contribution in [2.24, 2.45) is 11.7 Å². The third-order valence-corrected chi connectivity index (χ3v) is 4.27. The molecule has 1 heterocycles. The number of benzene rings is 1. The van der Waals surface area contributed by atoms with Gasteiger partial charge in [-0.25, -0.2) is 0 Å². The van der Waals surface area contributed by atoms with Gasteiger partial charge in [-0.3, -0.25) is 4.79 Å². The standard InChI is InChI=1S/C14H20BrN3O/c1-17-9-10-2-3-13(12(15)8-10)18-6-4-11(5-7-18)14(16)19/h2-3,8,11,17H,4-7,9H2,1H3,(H2,16,19). The number of nitrogens with one attached hydrogen (secondary N) is 1. The molecule has 1 aliphatic heterocycles. The maximum absolute atomic E-state index is 11.2. The van der Waals surface area contributed by atoms with E-state index in [1.165, 1.54) is 11.3 Å². The molecule has 1 aliphatic rings. The van der Waals surface area contributed by atoms with Crippen molar-refractivity contribution in [3.63, 3.8) is 0 Å². The number of anilines is 1. The molecule has 3 N–H and O–H groups in total. The van der Waals surface area contributed by atoms with Crippen molar-refractivity contribution in [3.05, 3.63) is 28.2 Å². The molecule has 1 saturated heterocycles. The molecule has 0 aromatic heterocycles. The fourth-order valence-corrected chi connectivity index (χ4v) is 3.20. The van der Waals surface area contributed by atoms with Crippen molar-refractivity contribution < 1.29 is 4.79 Å². The summed E-state index contributed by atoms with van der Waals surface area (Å²) < 4.78 is 1.11. The smallest absolute Gasteiger partial charge is 0.220 e. The van der Waals surface area contributed by atoms with Gasteiger partial charge in [0.25, 0.3) is 0 Å². The van der Waals surface area contributed by atoms with Gasteiger partial charge in [0, 0.05) is 30.0 Å². The minimum Gasteiger partial charge on any atom is -0.371 e. The molecule has 0 aliphatic carbocycles. The summed E-state index contributed by atoms with van der Waals surface area (Å²) in [5, 5.41) is 3.14. The molecule has 5 heteroatoms. The van der Waals surface area contributed by atoms with Crippen molar-refractivity contribution in [1.29, 1.82) is 0 Å². The van der Waals surface area contributed by atoms with Gasteiger partial charge in [-0.1, -0.05) is 6.07 Å². The van der Waals surface area contributed by atoms with Crippen LogP contribution in [0.4, 0.5) is 5.69 Å². The van der Waals surface area contributed by atoms with E-state index in [0.717, 1.165) is 36.9 Å². The number of halogens is 1. The largest absolute Gasteiger partial charge is 0.371 e. The zero-order valence-corrected chi connectivity index (χ0v) is 12.7. The molecule has 1 amide bonds. The van der Waals surface area contributed by atoms with Gasteiger partial charge in [0.15, 0.2) is 0 Å². The molecule has 1 fully saturated rings. The van der Waals surface area contributed by atoms with Crippen LogP contribution < -0.4 is 16.0 Å². The summed E-state index contributed by atoms with van der Waals surface area (Å²) in [7, 11) is 1.94. The topological polar surface area (TPSA) is 58.4 Å². The lowest BCUT2D eigenvalue weighted by atomic mass is 9.96. The van der Waals surface area contributed by atoms with Crippen molar-refractivity contribution in [2.45, 2.75) is 19.4 Å². The van der Waals surface area contributed by atoms with E-state index >= 15 is 0 Å². The predicted molar refractivity (Wildman–Crippen MR) is 81.0 cm³/mol. The molecular formula is C14H20BrN3O. The second-order valence-corrected chi connectivity index (χ2v) is 5.83. The van der Waals surface area contributed by atoms with Gasteiger partial charge in [-0.05, 0) is 53.5 Å². The average molecular weight is 326 g/mol. The molecular weight excluding hydrogens is 306 g/mol. The quantitative estimate of drug-likeness (QED) is 0.888. The van der Waals surface area contributed by atoms with E-state index in [-0.39, 0.29) is 11.8 Å². The predicted octanol–water partition coefficient (Wildman–Crippen LogP) is 1.87. The van der Waals surface area contributed by atoms with Gasteiger partial charge in [-0.2, -0.15) is 0 Å². The molecule has 4 nitrogen and oxygen atoms in total.